The van der Waals surface area contributed by atoms with Gasteiger partial charge < -0.3 is 5.32 Å². The highest BCUT2D eigenvalue weighted by molar-refractivity contribution is 4.83. The lowest BCUT2D eigenvalue weighted by molar-refractivity contribution is 0.221. The molecule has 2 aliphatic rings. The lowest BCUT2D eigenvalue weighted by Gasteiger charge is -2.34. The molecule has 1 unspecified atom stereocenters. The van der Waals surface area contributed by atoms with Crippen LogP contribution in [0.1, 0.15) is 64.7 Å². The molecule has 1 N–H and O–H groups in total. The van der Waals surface area contributed by atoms with Gasteiger partial charge in [0, 0.05) is 12.1 Å². The Bertz CT molecular complexity index is 155. The maximum Gasteiger partial charge on any atom is 0.00696 e. The lowest BCUT2D eigenvalue weighted by atomic mass is 9.80. The minimum Gasteiger partial charge on any atom is -0.311 e. The Kier molecular flexibility index (Phi) is 3.86. The van der Waals surface area contributed by atoms with Gasteiger partial charge >= 0.3 is 0 Å². The predicted octanol–water partition coefficient (Wildman–Crippen LogP) is 3.49. The van der Waals surface area contributed by atoms with Crippen LogP contribution < -0.4 is 5.32 Å². The van der Waals surface area contributed by atoms with E-state index in [2.05, 4.69) is 12.2 Å². The van der Waals surface area contributed by atoms with Crippen LogP contribution in [0.5, 0.6) is 0 Å². The summed E-state index contributed by atoms with van der Waals surface area (Å²) in [6.07, 6.45) is 13.1. The van der Waals surface area contributed by atoms with E-state index in [-0.39, 0.29) is 0 Å². The van der Waals surface area contributed by atoms with E-state index in [0.717, 1.165) is 18.0 Å². The molecule has 82 valence electrons. The van der Waals surface area contributed by atoms with Crippen LogP contribution in [0.4, 0.5) is 0 Å². The molecule has 0 radical (unpaired) electrons. The molecule has 0 aromatic heterocycles. The van der Waals surface area contributed by atoms with Crippen molar-refractivity contribution in [3.05, 3.63) is 0 Å². The van der Waals surface area contributed by atoms with Crippen molar-refractivity contribution in [1.82, 2.24) is 5.32 Å². The molecule has 2 aliphatic carbocycles. The molecule has 1 nitrogen and oxygen atoms in total. The summed E-state index contributed by atoms with van der Waals surface area (Å²) in [7, 11) is 0. The maximum absolute atomic E-state index is 3.86. The molecule has 1 atom stereocenters. The number of hydrogen-bond donors (Lipinski definition) is 1. The summed E-state index contributed by atoms with van der Waals surface area (Å²) in [6.45, 7) is 2.40. The van der Waals surface area contributed by atoms with Crippen molar-refractivity contribution < 1.29 is 0 Å². The van der Waals surface area contributed by atoms with E-state index in [4.69, 9.17) is 0 Å². The van der Waals surface area contributed by atoms with Gasteiger partial charge in [-0.1, -0.05) is 32.1 Å². The van der Waals surface area contributed by atoms with Crippen molar-refractivity contribution in [2.45, 2.75) is 76.8 Å². The molecule has 0 bridgehead atoms. The summed E-state index contributed by atoms with van der Waals surface area (Å²) < 4.78 is 0. The first-order valence-corrected chi connectivity index (χ1v) is 6.62. The Morgan fingerprint density at radius 2 is 1.50 bits per heavy atom. The highest BCUT2D eigenvalue weighted by atomic mass is 15.0. The minimum absolute atomic E-state index is 0.784. The second-order valence-electron chi connectivity index (χ2n) is 5.33. The molecule has 2 rings (SSSR count). The zero-order chi connectivity index (χ0) is 9.80. The van der Waals surface area contributed by atoms with Crippen molar-refractivity contribution in [3.8, 4) is 0 Å². The highest BCUT2D eigenvalue weighted by Gasteiger charge is 2.25. The molecule has 0 heterocycles. The first-order chi connectivity index (χ1) is 6.86. The van der Waals surface area contributed by atoms with E-state index >= 15 is 0 Å². The normalized spacial score (nSPS) is 28.1. The highest BCUT2D eigenvalue weighted by Crippen LogP contribution is 2.30. The minimum atomic E-state index is 0.784. The van der Waals surface area contributed by atoms with Crippen LogP contribution in [0.25, 0.3) is 0 Å². The summed E-state index contributed by atoms with van der Waals surface area (Å²) in [5, 5.41) is 3.86. The quantitative estimate of drug-likeness (QED) is 0.680. The standard InChI is InChI=1S/C13H25N/c1-11(12-7-6-8-12)14-13-9-4-2-3-5-10-13/h11-14H,2-10H2,1H3. The number of nitrogens with one attached hydrogen (secondary N) is 1. The summed E-state index contributed by atoms with van der Waals surface area (Å²) in [5.74, 6) is 0.998. The fraction of sp³-hybridized carbons (Fsp3) is 1.00. The monoisotopic (exact) mass is 195 g/mol. The van der Waals surface area contributed by atoms with Crippen molar-refractivity contribution in [3.63, 3.8) is 0 Å². The topological polar surface area (TPSA) is 12.0 Å². The van der Waals surface area contributed by atoms with Crippen LogP contribution in [-0.2, 0) is 0 Å². The van der Waals surface area contributed by atoms with Gasteiger partial charge in [0.25, 0.3) is 0 Å². The number of hydrogen-bond acceptors (Lipinski definition) is 1. The van der Waals surface area contributed by atoms with E-state index in [9.17, 15) is 0 Å². The molecular formula is C13H25N. The zero-order valence-electron chi connectivity index (χ0n) is 9.60. The lowest BCUT2D eigenvalue weighted by Crippen LogP contribution is -2.42. The molecule has 0 aromatic carbocycles. The molecule has 2 saturated carbocycles. The summed E-state index contributed by atoms with van der Waals surface area (Å²) in [5.41, 5.74) is 0. The molecule has 0 aliphatic heterocycles. The van der Waals surface area contributed by atoms with Gasteiger partial charge in [0.1, 0.15) is 0 Å². The Morgan fingerprint density at radius 3 is 2.00 bits per heavy atom. The Morgan fingerprint density at radius 1 is 0.857 bits per heavy atom. The summed E-state index contributed by atoms with van der Waals surface area (Å²) in [4.78, 5) is 0. The first-order valence-electron chi connectivity index (χ1n) is 6.62. The van der Waals surface area contributed by atoms with Gasteiger partial charge in [-0.2, -0.15) is 0 Å². The Hall–Kier alpha value is -0.0400. The van der Waals surface area contributed by atoms with Gasteiger partial charge in [-0.05, 0) is 38.5 Å². The van der Waals surface area contributed by atoms with Gasteiger partial charge in [0.2, 0.25) is 0 Å². The van der Waals surface area contributed by atoms with Crippen LogP contribution in [-0.4, -0.2) is 12.1 Å². The third-order valence-corrected chi connectivity index (χ3v) is 4.21. The number of rotatable bonds is 3. The predicted molar refractivity (Wildman–Crippen MR) is 61.4 cm³/mol. The van der Waals surface area contributed by atoms with Crippen LogP contribution in [0.2, 0.25) is 0 Å². The summed E-state index contributed by atoms with van der Waals surface area (Å²) in [6, 6.07) is 1.62. The largest absolute Gasteiger partial charge is 0.311 e. The van der Waals surface area contributed by atoms with Gasteiger partial charge in [-0.25, -0.2) is 0 Å². The van der Waals surface area contributed by atoms with E-state index < -0.39 is 0 Å². The van der Waals surface area contributed by atoms with Crippen molar-refractivity contribution in [1.29, 1.82) is 0 Å². The fourth-order valence-electron chi connectivity index (χ4n) is 2.89. The second-order valence-corrected chi connectivity index (χ2v) is 5.33. The molecule has 0 aromatic rings. The fourth-order valence-corrected chi connectivity index (χ4v) is 2.89. The van der Waals surface area contributed by atoms with Gasteiger partial charge in [0.15, 0.2) is 0 Å². The first kappa shape index (κ1) is 10.5. The average molecular weight is 195 g/mol. The third kappa shape index (κ3) is 2.73. The second kappa shape index (κ2) is 5.16. The van der Waals surface area contributed by atoms with Crippen molar-refractivity contribution in [2.75, 3.05) is 0 Å². The average Bonchev–Trinajstić information content (AvgIpc) is 2.29. The molecule has 0 saturated heterocycles. The van der Waals surface area contributed by atoms with E-state index in [1.807, 2.05) is 0 Å². The van der Waals surface area contributed by atoms with Crippen molar-refractivity contribution >= 4 is 0 Å². The smallest absolute Gasteiger partial charge is 0.00696 e. The molecule has 1 heteroatoms. The van der Waals surface area contributed by atoms with Crippen LogP contribution in [0, 0.1) is 5.92 Å². The van der Waals surface area contributed by atoms with E-state index in [0.29, 0.717) is 0 Å². The van der Waals surface area contributed by atoms with Gasteiger partial charge in [0.05, 0.1) is 0 Å². The molecule has 14 heavy (non-hydrogen) atoms. The Labute approximate surface area is 88.7 Å². The molecular weight excluding hydrogens is 170 g/mol. The molecule has 0 spiro atoms. The maximum atomic E-state index is 3.86. The van der Waals surface area contributed by atoms with Gasteiger partial charge in [-0.15, -0.1) is 0 Å². The molecule has 2 fully saturated rings. The summed E-state index contributed by atoms with van der Waals surface area (Å²) >= 11 is 0. The van der Waals surface area contributed by atoms with Crippen molar-refractivity contribution in [2.24, 2.45) is 5.92 Å². The zero-order valence-corrected chi connectivity index (χ0v) is 9.60. The molecule has 0 amide bonds. The Balaban J connectivity index is 1.71. The van der Waals surface area contributed by atoms with Crippen LogP contribution >= 0.6 is 0 Å². The van der Waals surface area contributed by atoms with Crippen LogP contribution in [0.3, 0.4) is 0 Å². The van der Waals surface area contributed by atoms with E-state index in [1.165, 1.54) is 57.8 Å². The van der Waals surface area contributed by atoms with E-state index in [1.54, 1.807) is 0 Å². The van der Waals surface area contributed by atoms with Gasteiger partial charge in [-0.3, -0.25) is 0 Å². The third-order valence-electron chi connectivity index (χ3n) is 4.21. The SMILES string of the molecule is CC(NC1CCCCCC1)C1CCC1. The van der Waals surface area contributed by atoms with Crippen LogP contribution in [0.15, 0.2) is 0 Å².